The zero-order valence-corrected chi connectivity index (χ0v) is 9.10. The molecule has 0 amide bonds. The molecule has 1 nitrogen and oxygen atoms in total. The van der Waals surface area contributed by atoms with Crippen molar-refractivity contribution in [3.63, 3.8) is 0 Å². The van der Waals surface area contributed by atoms with Gasteiger partial charge in [0.2, 0.25) is 0 Å². The van der Waals surface area contributed by atoms with Crippen LogP contribution in [-0.2, 0) is 0 Å². The SMILES string of the molecule is [C-]#[N+]c1ccccc1/C=C/c1ccccc1F. The molecule has 0 aromatic heterocycles. The highest BCUT2D eigenvalue weighted by molar-refractivity contribution is 5.77. The van der Waals surface area contributed by atoms with E-state index in [2.05, 4.69) is 4.85 Å². The fraction of sp³-hybridized carbons (Fsp3) is 0. The summed E-state index contributed by atoms with van der Waals surface area (Å²) >= 11 is 0. The van der Waals surface area contributed by atoms with Crippen LogP contribution >= 0.6 is 0 Å². The number of nitrogens with zero attached hydrogens (tertiary/aromatic N) is 1. The highest BCUT2D eigenvalue weighted by Gasteiger charge is 1.98. The molecule has 0 aliphatic heterocycles. The molecule has 0 aliphatic carbocycles. The lowest BCUT2D eigenvalue weighted by Crippen LogP contribution is -1.79. The third-order valence-corrected chi connectivity index (χ3v) is 2.40. The summed E-state index contributed by atoms with van der Waals surface area (Å²) in [6.07, 6.45) is 3.44. The van der Waals surface area contributed by atoms with E-state index in [1.807, 2.05) is 18.2 Å². The molecule has 0 radical (unpaired) electrons. The summed E-state index contributed by atoms with van der Waals surface area (Å²) in [7, 11) is 0. The van der Waals surface area contributed by atoms with Crippen LogP contribution in [0.4, 0.5) is 10.1 Å². The monoisotopic (exact) mass is 223 g/mol. The van der Waals surface area contributed by atoms with E-state index in [0.717, 1.165) is 5.56 Å². The first kappa shape index (κ1) is 11.1. The first-order valence-electron chi connectivity index (χ1n) is 5.20. The minimum atomic E-state index is -0.260. The number of hydrogen-bond acceptors (Lipinski definition) is 0. The van der Waals surface area contributed by atoms with Crippen molar-refractivity contribution in [3.05, 3.63) is 76.9 Å². The lowest BCUT2D eigenvalue weighted by Gasteiger charge is -1.98. The van der Waals surface area contributed by atoms with Gasteiger partial charge in [0.05, 0.1) is 6.57 Å². The van der Waals surface area contributed by atoms with E-state index in [4.69, 9.17) is 6.57 Å². The second-order valence-electron chi connectivity index (χ2n) is 3.53. The normalized spacial score (nSPS) is 10.4. The van der Waals surface area contributed by atoms with Gasteiger partial charge in [0.1, 0.15) is 5.82 Å². The van der Waals surface area contributed by atoms with E-state index in [0.29, 0.717) is 11.3 Å². The number of hydrogen-bond donors (Lipinski definition) is 0. The highest BCUT2D eigenvalue weighted by Crippen LogP contribution is 2.21. The molecule has 2 aromatic carbocycles. The maximum atomic E-state index is 13.4. The molecular weight excluding hydrogens is 213 g/mol. The first-order chi connectivity index (χ1) is 8.31. The highest BCUT2D eigenvalue weighted by atomic mass is 19.1. The van der Waals surface area contributed by atoms with Gasteiger partial charge < -0.3 is 0 Å². The van der Waals surface area contributed by atoms with Crippen molar-refractivity contribution >= 4 is 17.8 Å². The summed E-state index contributed by atoms with van der Waals surface area (Å²) in [5.41, 5.74) is 1.89. The number of benzene rings is 2. The van der Waals surface area contributed by atoms with E-state index in [1.165, 1.54) is 6.07 Å². The summed E-state index contributed by atoms with van der Waals surface area (Å²) in [6.45, 7) is 7.03. The zero-order chi connectivity index (χ0) is 12.1. The van der Waals surface area contributed by atoms with E-state index in [-0.39, 0.29) is 5.82 Å². The maximum Gasteiger partial charge on any atom is 0.194 e. The van der Waals surface area contributed by atoms with Crippen LogP contribution < -0.4 is 0 Å². The van der Waals surface area contributed by atoms with Crippen LogP contribution in [0.25, 0.3) is 17.0 Å². The zero-order valence-electron chi connectivity index (χ0n) is 9.10. The Kier molecular flexibility index (Phi) is 3.32. The van der Waals surface area contributed by atoms with Crippen LogP contribution in [0.3, 0.4) is 0 Å². The van der Waals surface area contributed by atoms with Gasteiger partial charge in [0.15, 0.2) is 5.69 Å². The van der Waals surface area contributed by atoms with Gasteiger partial charge in [-0.3, -0.25) is 0 Å². The Bertz CT molecular complexity index is 594. The van der Waals surface area contributed by atoms with Crippen molar-refractivity contribution in [2.45, 2.75) is 0 Å². The standard InChI is InChI=1S/C15H10FN/c1-17-15-9-5-3-7-13(15)11-10-12-6-2-4-8-14(12)16/h2-11H/b11-10+. The van der Waals surface area contributed by atoms with Crippen molar-refractivity contribution in [2.24, 2.45) is 0 Å². The molecule has 0 aliphatic rings. The van der Waals surface area contributed by atoms with Crippen LogP contribution in [0.2, 0.25) is 0 Å². The molecule has 0 spiro atoms. The van der Waals surface area contributed by atoms with Crippen LogP contribution in [0.1, 0.15) is 11.1 Å². The van der Waals surface area contributed by atoms with Crippen molar-refractivity contribution in [1.29, 1.82) is 0 Å². The molecular formula is C15H10FN. The van der Waals surface area contributed by atoms with Crippen LogP contribution in [0.15, 0.2) is 48.5 Å². The quantitative estimate of drug-likeness (QED) is 0.519. The predicted molar refractivity (Wildman–Crippen MR) is 68.0 cm³/mol. The molecule has 2 heteroatoms. The average Bonchev–Trinajstić information content (AvgIpc) is 2.38. The van der Waals surface area contributed by atoms with Crippen molar-refractivity contribution in [2.75, 3.05) is 0 Å². The van der Waals surface area contributed by atoms with Crippen LogP contribution in [0, 0.1) is 12.4 Å². The maximum absolute atomic E-state index is 13.4. The molecule has 0 unspecified atom stereocenters. The number of para-hydroxylation sites is 1. The van der Waals surface area contributed by atoms with Gasteiger partial charge in [-0.15, -0.1) is 0 Å². The summed E-state index contributed by atoms with van der Waals surface area (Å²) in [4.78, 5) is 3.41. The van der Waals surface area contributed by atoms with E-state index < -0.39 is 0 Å². The van der Waals surface area contributed by atoms with Crippen LogP contribution in [0.5, 0.6) is 0 Å². The minimum Gasteiger partial charge on any atom is -0.238 e. The van der Waals surface area contributed by atoms with Gasteiger partial charge in [0, 0.05) is 5.56 Å². The lowest BCUT2D eigenvalue weighted by atomic mass is 10.1. The molecule has 0 bridgehead atoms. The second kappa shape index (κ2) is 5.09. The smallest absolute Gasteiger partial charge is 0.194 e. The Balaban J connectivity index is 2.33. The van der Waals surface area contributed by atoms with Crippen LogP contribution in [-0.4, -0.2) is 0 Å². The predicted octanol–water partition coefficient (Wildman–Crippen LogP) is 4.55. The van der Waals surface area contributed by atoms with Crippen molar-refractivity contribution in [3.8, 4) is 0 Å². The Morgan fingerprint density at radius 1 is 0.882 bits per heavy atom. The fourth-order valence-electron chi connectivity index (χ4n) is 1.52. The third kappa shape index (κ3) is 2.59. The Hall–Kier alpha value is -2.40. The Morgan fingerprint density at radius 3 is 2.18 bits per heavy atom. The first-order valence-corrected chi connectivity index (χ1v) is 5.20. The largest absolute Gasteiger partial charge is 0.238 e. The average molecular weight is 223 g/mol. The molecule has 2 aromatic rings. The minimum absolute atomic E-state index is 0.260. The topological polar surface area (TPSA) is 4.36 Å². The van der Waals surface area contributed by atoms with Gasteiger partial charge in [-0.05, 0) is 11.6 Å². The third-order valence-electron chi connectivity index (χ3n) is 2.40. The van der Waals surface area contributed by atoms with Gasteiger partial charge in [0.25, 0.3) is 0 Å². The molecule has 0 fully saturated rings. The van der Waals surface area contributed by atoms with E-state index >= 15 is 0 Å². The summed E-state index contributed by atoms with van der Waals surface area (Å²) < 4.78 is 13.4. The summed E-state index contributed by atoms with van der Waals surface area (Å²) in [5, 5.41) is 0. The van der Waals surface area contributed by atoms with Crippen molar-refractivity contribution < 1.29 is 4.39 Å². The molecule has 17 heavy (non-hydrogen) atoms. The molecule has 82 valence electrons. The van der Waals surface area contributed by atoms with Gasteiger partial charge in [-0.1, -0.05) is 54.6 Å². The molecule has 0 N–H and O–H groups in total. The lowest BCUT2D eigenvalue weighted by molar-refractivity contribution is 0.625. The van der Waals surface area contributed by atoms with Gasteiger partial charge in [-0.25, -0.2) is 9.24 Å². The fourth-order valence-corrected chi connectivity index (χ4v) is 1.52. The second-order valence-corrected chi connectivity index (χ2v) is 3.53. The Morgan fingerprint density at radius 2 is 1.47 bits per heavy atom. The Labute approximate surface area is 99.7 Å². The van der Waals surface area contributed by atoms with Gasteiger partial charge in [-0.2, -0.15) is 0 Å². The molecule has 2 rings (SSSR count). The number of rotatable bonds is 2. The van der Waals surface area contributed by atoms with E-state index in [9.17, 15) is 4.39 Å². The summed E-state index contributed by atoms with van der Waals surface area (Å²) in [5.74, 6) is -0.260. The molecule has 0 atom stereocenters. The van der Waals surface area contributed by atoms with Crippen molar-refractivity contribution in [1.82, 2.24) is 0 Å². The molecule has 0 heterocycles. The summed E-state index contributed by atoms with van der Waals surface area (Å²) in [6, 6.07) is 13.8. The van der Waals surface area contributed by atoms with Gasteiger partial charge >= 0.3 is 0 Å². The molecule has 0 saturated heterocycles. The molecule has 0 saturated carbocycles. The number of halogens is 1. The van der Waals surface area contributed by atoms with E-state index in [1.54, 1.807) is 36.4 Å².